The van der Waals surface area contributed by atoms with Gasteiger partial charge in [0, 0.05) is 33.1 Å². The van der Waals surface area contributed by atoms with Gasteiger partial charge >= 0.3 is 0 Å². The van der Waals surface area contributed by atoms with Gasteiger partial charge in [0.15, 0.2) is 0 Å². The van der Waals surface area contributed by atoms with Crippen LogP contribution in [0.1, 0.15) is 25.1 Å². The fraction of sp³-hybridized carbons (Fsp3) is 0.438. The summed E-state index contributed by atoms with van der Waals surface area (Å²) >= 11 is 0. The summed E-state index contributed by atoms with van der Waals surface area (Å²) in [6, 6.07) is 7.23. The number of aryl methyl sites for hydroxylation is 1. The molecule has 0 saturated heterocycles. The molecule has 0 aliphatic rings. The number of para-hydroxylation sites is 1. The maximum Gasteiger partial charge on any atom is 0.258 e. The minimum absolute atomic E-state index is 0.0132. The van der Waals surface area contributed by atoms with Crippen LogP contribution in [0.25, 0.3) is 10.9 Å². The Morgan fingerprint density at radius 1 is 1.32 bits per heavy atom. The lowest BCUT2D eigenvalue weighted by Gasteiger charge is -2.05. The van der Waals surface area contributed by atoms with Crippen molar-refractivity contribution < 1.29 is 9.53 Å². The standard InChI is InChI=1S/C16H21N3O3/c1-22-11-5-10-17-15(20)9-4-8-14-18-13-7-3-2-6-12(13)16(21)19-14/h2-3,6-7H,4-5,8-11H2,1H3,(H,17,20)(H,18,19,21). The predicted octanol–water partition coefficient (Wildman–Crippen LogP) is 1.40. The molecule has 1 heterocycles. The number of fused-ring (bicyclic) bond motifs is 1. The van der Waals surface area contributed by atoms with Gasteiger partial charge in [-0.15, -0.1) is 0 Å². The van der Waals surface area contributed by atoms with E-state index in [-0.39, 0.29) is 11.5 Å². The smallest absolute Gasteiger partial charge is 0.258 e. The molecule has 0 radical (unpaired) electrons. The third kappa shape index (κ3) is 4.66. The molecule has 0 saturated carbocycles. The SMILES string of the molecule is COCCCNC(=O)CCCc1nc2ccccc2c(=O)[nH]1. The zero-order valence-electron chi connectivity index (χ0n) is 12.7. The van der Waals surface area contributed by atoms with Crippen molar-refractivity contribution >= 4 is 16.8 Å². The maximum absolute atomic E-state index is 11.9. The van der Waals surface area contributed by atoms with E-state index < -0.39 is 0 Å². The van der Waals surface area contributed by atoms with Gasteiger partial charge in [0.25, 0.3) is 5.56 Å². The Morgan fingerprint density at radius 2 is 2.14 bits per heavy atom. The van der Waals surface area contributed by atoms with Gasteiger partial charge in [-0.1, -0.05) is 12.1 Å². The number of aromatic amines is 1. The molecule has 0 atom stereocenters. The summed E-state index contributed by atoms with van der Waals surface area (Å²) in [7, 11) is 1.64. The second kappa shape index (κ2) is 8.29. The number of amides is 1. The topological polar surface area (TPSA) is 84.1 Å². The minimum Gasteiger partial charge on any atom is -0.385 e. The Hall–Kier alpha value is -2.21. The second-order valence-corrected chi connectivity index (χ2v) is 5.08. The Balaban J connectivity index is 1.82. The van der Waals surface area contributed by atoms with Crippen LogP contribution in [0.15, 0.2) is 29.1 Å². The Bertz CT molecular complexity index is 682. The van der Waals surface area contributed by atoms with Crippen molar-refractivity contribution in [1.29, 1.82) is 0 Å². The largest absolute Gasteiger partial charge is 0.385 e. The lowest BCUT2D eigenvalue weighted by Crippen LogP contribution is -2.25. The van der Waals surface area contributed by atoms with Gasteiger partial charge in [-0.3, -0.25) is 9.59 Å². The van der Waals surface area contributed by atoms with E-state index in [1.807, 2.05) is 18.2 Å². The minimum atomic E-state index is -0.135. The van der Waals surface area contributed by atoms with E-state index in [2.05, 4.69) is 15.3 Å². The van der Waals surface area contributed by atoms with E-state index in [1.54, 1.807) is 13.2 Å². The Kier molecular flexibility index (Phi) is 6.09. The molecule has 1 amide bonds. The molecule has 0 unspecified atom stereocenters. The number of aromatic nitrogens is 2. The van der Waals surface area contributed by atoms with Gasteiger partial charge in [-0.25, -0.2) is 4.98 Å². The first-order chi connectivity index (χ1) is 10.7. The van der Waals surface area contributed by atoms with Crippen LogP contribution in [0.4, 0.5) is 0 Å². The molecule has 0 aliphatic carbocycles. The van der Waals surface area contributed by atoms with Crippen molar-refractivity contribution in [2.45, 2.75) is 25.7 Å². The molecule has 0 aliphatic heterocycles. The van der Waals surface area contributed by atoms with E-state index in [9.17, 15) is 9.59 Å². The van der Waals surface area contributed by atoms with Crippen molar-refractivity contribution in [2.75, 3.05) is 20.3 Å². The van der Waals surface area contributed by atoms with Crippen LogP contribution in [0.3, 0.4) is 0 Å². The zero-order valence-corrected chi connectivity index (χ0v) is 12.7. The third-order valence-corrected chi connectivity index (χ3v) is 3.33. The first-order valence-electron chi connectivity index (χ1n) is 7.44. The number of benzene rings is 1. The monoisotopic (exact) mass is 303 g/mol. The third-order valence-electron chi connectivity index (χ3n) is 3.33. The Labute approximate surface area is 128 Å². The quantitative estimate of drug-likeness (QED) is 0.722. The average molecular weight is 303 g/mol. The van der Waals surface area contributed by atoms with Crippen LogP contribution in [-0.2, 0) is 16.0 Å². The normalized spacial score (nSPS) is 10.8. The average Bonchev–Trinajstić information content (AvgIpc) is 2.52. The fourth-order valence-electron chi connectivity index (χ4n) is 2.20. The van der Waals surface area contributed by atoms with Crippen LogP contribution in [0.5, 0.6) is 0 Å². The maximum atomic E-state index is 11.9. The first-order valence-corrected chi connectivity index (χ1v) is 7.44. The number of nitrogens with one attached hydrogen (secondary N) is 2. The molecule has 0 fully saturated rings. The summed E-state index contributed by atoms with van der Waals surface area (Å²) in [5.74, 6) is 0.634. The highest BCUT2D eigenvalue weighted by Crippen LogP contribution is 2.07. The summed E-state index contributed by atoms with van der Waals surface area (Å²) in [5, 5.41) is 3.42. The summed E-state index contributed by atoms with van der Waals surface area (Å²) in [6.07, 6.45) is 2.45. The van der Waals surface area contributed by atoms with Crippen molar-refractivity contribution in [1.82, 2.24) is 15.3 Å². The van der Waals surface area contributed by atoms with Crippen molar-refractivity contribution in [3.8, 4) is 0 Å². The van der Waals surface area contributed by atoms with Gasteiger partial charge in [0.1, 0.15) is 5.82 Å². The van der Waals surface area contributed by atoms with E-state index in [1.165, 1.54) is 0 Å². The highest BCUT2D eigenvalue weighted by atomic mass is 16.5. The Morgan fingerprint density at radius 3 is 2.95 bits per heavy atom. The molecule has 2 aromatic rings. The molecule has 6 nitrogen and oxygen atoms in total. The second-order valence-electron chi connectivity index (χ2n) is 5.08. The number of carbonyl (C=O) groups excluding carboxylic acids is 1. The molecule has 2 N–H and O–H groups in total. The molecule has 0 bridgehead atoms. The summed E-state index contributed by atoms with van der Waals surface area (Å²) in [4.78, 5) is 30.7. The number of hydrogen-bond acceptors (Lipinski definition) is 4. The van der Waals surface area contributed by atoms with Crippen LogP contribution >= 0.6 is 0 Å². The number of nitrogens with zero attached hydrogens (tertiary/aromatic N) is 1. The van der Waals surface area contributed by atoms with Crippen LogP contribution < -0.4 is 10.9 Å². The number of hydrogen-bond donors (Lipinski definition) is 2. The molecular formula is C16H21N3O3. The fourth-order valence-corrected chi connectivity index (χ4v) is 2.20. The number of ether oxygens (including phenoxy) is 1. The molecule has 2 rings (SSSR count). The number of rotatable bonds is 8. The molecule has 1 aromatic heterocycles. The molecule has 118 valence electrons. The van der Waals surface area contributed by atoms with Gasteiger partial charge in [-0.05, 0) is 25.0 Å². The van der Waals surface area contributed by atoms with Crippen LogP contribution in [0, 0.1) is 0 Å². The summed E-state index contributed by atoms with van der Waals surface area (Å²) in [6.45, 7) is 1.26. The molecule has 1 aromatic carbocycles. The van der Waals surface area contributed by atoms with Crippen LogP contribution in [0.2, 0.25) is 0 Å². The van der Waals surface area contributed by atoms with Gasteiger partial charge in [0.2, 0.25) is 5.91 Å². The van der Waals surface area contributed by atoms with Gasteiger partial charge in [0.05, 0.1) is 10.9 Å². The lowest BCUT2D eigenvalue weighted by molar-refractivity contribution is -0.121. The first kappa shape index (κ1) is 16.2. The van der Waals surface area contributed by atoms with Gasteiger partial charge < -0.3 is 15.0 Å². The molecule has 22 heavy (non-hydrogen) atoms. The highest BCUT2D eigenvalue weighted by molar-refractivity contribution is 5.77. The molecule has 6 heteroatoms. The number of H-pyrrole nitrogens is 1. The van der Waals surface area contributed by atoms with E-state index in [0.29, 0.717) is 49.1 Å². The van der Waals surface area contributed by atoms with Crippen LogP contribution in [-0.4, -0.2) is 36.1 Å². The summed E-state index contributed by atoms with van der Waals surface area (Å²) in [5.41, 5.74) is 0.551. The van der Waals surface area contributed by atoms with Crippen molar-refractivity contribution in [3.05, 3.63) is 40.4 Å². The van der Waals surface area contributed by atoms with Crippen molar-refractivity contribution in [2.24, 2.45) is 0 Å². The number of carbonyl (C=O) groups is 1. The zero-order chi connectivity index (χ0) is 15.8. The number of methoxy groups -OCH3 is 1. The van der Waals surface area contributed by atoms with Crippen molar-refractivity contribution in [3.63, 3.8) is 0 Å². The van der Waals surface area contributed by atoms with E-state index in [0.717, 1.165) is 6.42 Å². The van der Waals surface area contributed by atoms with Gasteiger partial charge in [-0.2, -0.15) is 0 Å². The van der Waals surface area contributed by atoms with E-state index in [4.69, 9.17) is 4.74 Å². The lowest BCUT2D eigenvalue weighted by atomic mass is 10.2. The highest BCUT2D eigenvalue weighted by Gasteiger charge is 2.05. The summed E-state index contributed by atoms with van der Waals surface area (Å²) < 4.78 is 4.92. The van der Waals surface area contributed by atoms with E-state index >= 15 is 0 Å². The molecule has 0 spiro atoms. The predicted molar refractivity (Wildman–Crippen MR) is 84.8 cm³/mol. The molecular weight excluding hydrogens is 282 g/mol.